The first kappa shape index (κ1) is 30.9. The van der Waals surface area contributed by atoms with Crippen molar-refractivity contribution in [3.05, 3.63) is 83.4 Å². The van der Waals surface area contributed by atoms with E-state index in [2.05, 4.69) is 30.9 Å². The smallest absolute Gasteiger partial charge is 0.264 e. The molecule has 0 N–H and O–H groups in total. The third-order valence-electron chi connectivity index (χ3n) is 7.31. The summed E-state index contributed by atoms with van der Waals surface area (Å²) in [5.74, 6) is -0.199. The largest absolute Gasteiger partial charge is 0.379 e. The molecule has 4 aromatic rings. The monoisotopic (exact) mass is 614 g/mol. The summed E-state index contributed by atoms with van der Waals surface area (Å²) in [6.07, 6.45) is 0.786. The van der Waals surface area contributed by atoms with Gasteiger partial charge in [0.2, 0.25) is 0 Å². The number of aromatic nitrogens is 1. The molecule has 1 aromatic heterocycles. The van der Waals surface area contributed by atoms with Crippen LogP contribution in [0.5, 0.6) is 0 Å². The number of amides is 1. The number of ether oxygens (including phenoxy) is 1. The zero-order chi connectivity index (χ0) is 28.3. The molecule has 3 aromatic carbocycles. The molecular weight excluding hydrogens is 580 g/mol. The number of thiazole rings is 1. The Morgan fingerprint density at radius 2 is 1.66 bits per heavy atom. The predicted octanol–water partition coefficient (Wildman–Crippen LogP) is 5.53. The van der Waals surface area contributed by atoms with Crippen molar-refractivity contribution in [2.75, 3.05) is 55.6 Å². The van der Waals surface area contributed by atoms with Crippen molar-refractivity contribution < 1.29 is 17.9 Å². The van der Waals surface area contributed by atoms with Gasteiger partial charge in [-0.05, 0) is 79.9 Å². The molecule has 1 aliphatic rings. The maximum absolute atomic E-state index is 13.9. The fourth-order valence-corrected chi connectivity index (χ4v) is 6.97. The summed E-state index contributed by atoms with van der Waals surface area (Å²) in [7, 11) is -2.25. The van der Waals surface area contributed by atoms with Gasteiger partial charge in [0.1, 0.15) is 0 Å². The van der Waals surface area contributed by atoms with Crippen molar-refractivity contribution in [3.8, 4) is 0 Å². The highest BCUT2D eigenvalue weighted by Crippen LogP contribution is 2.32. The van der Waals surface area contributed by atoms with Crippen LogP contribution in [-0.2, 0) is 14.8 Å². The molecule has 0 bridgehead atoms. The first-order valence-electron chi connectivity index (χ1n) is 13.4. The Bertz CT molecular complexity index is 1550. The summed E-state index contributed by atoms with van der Waals surface area (Å²) < 4.78 is 34.2. The molecule has 5 rings (SSSR count). The van der Waals surface area contributed by atoms with Gasteiger partial charge in [-0.3, -0.25) is 18.9 Å². The van der Waals surface area contributed by atoms with Crippen molar-refractivity contribution in [1.82, 2.24) is 9.88 Å². The van der Waals surface area contributed by atoms with E-state index in [-0.39, 0.29) is 23.2 Å². The SMILES string of the molecule is Cc1cc2nc(N(CCCN3CCOCC3)C(=O)c3ccc(S(=O)(=O)N(C)c4ccccc4)cc3)sc2cc1C.Cl. The van der Waals surface area contributed by atoms with E-state index < -0.39 is 10.0 Å². The van der Waals surface area contributed by atoms with Gasteiger partial charge in [-0.2, -0.15) is 0 Å². The minimum atomic E-state index is -3.78. The number of nitrogens with zero attached hydrogens (tertiary/aromatic N) is 4. The molecule has 218 valence electrons. The minimum absolute atomic E-state index is 0. The van der Waals surface area contributed by atoms with Crippen LogP contribution in [0, 0.1) is 13.8 Å². The molecule has 8 nitrogen and oxygen atoms in total. The molecule has 41 heavy (non-hydrogen) atoms. The van der Waals surface area contributed by atoms with E-state index in [0.29, 0.717) is 22.9 Å². The van der Waals surface area contributed by atoms with Gasteiger partial charge in [0.25, 0.3) is 15.9 Å². The van der Waals surface area contributed by atoms with Crippen LogP contribution in [0.3, 0.4) is 0 Å². The molecule has 1 saturated heterocycles. The van der Waals surface area contributed by atoms with Crippen molar-refractivity contribution in [1.29, 1.82) is 0 Å². The summed E-state index contributed by atoms with van der Waals surface area (Å²) in [5, 5.41) is 0.646. The van der Waals surface area contributed by atoms with Crippen LogP contribution < -0.4 is 9.21 Å². The second kappa shape index (κ2) is 13.3. The lowest BCUT2D eigenvalue weighted by molar-refractivity contribution is 0.0376. The molecule has 0 aliphatic carbocycles. The third-order valence-corrected chi connectivity index (χ3v) is 10.1. The molecule has 0 saturated carbocycles. The molecule has 0 unspecified atom stereocenters. The number of hydrogen-bond donors (Lipinski definition) is 0. The number of halogens is 1. The van der Waals surface area contributed by atoms with Crippen LogP contribution >= 0.6 is 23.7 Å². The lowest BCUT2D eigenvalue weighted by Crippen LogP contribution is -2.39. The Kier molecular flexibility index (Phi) is 10.0. The van der Waals surface area contributed by atoms with Crippen molar-refractivity contribution >= 4 is 60.7 Å². The van der Waals surface area contributed by atoms with E-state index in [0.717, 1.165) is 55.0 Å². The highest BCUT2D eigenvalue weighted by Gasteiger charge is 2.25. The summed E-state index contributed by atoms with van der Waals surface area (Å²) in [5.41, 5.74) is 4.20. The number of para-hydroxylation sites is 1. The van der Waals surface area contributed by atoms with Crippen LogP contribution in [0.15, 0.2) is 71.6 Å². The predicted molar refractivity (Wildman–Crippen MR) is 168 cm³/mol. The maximum atomic E-state index is 13.9. The number of aryl methyl sites for hydroxylation is 2. The van der Waals surface area contributed by atoms with Gasteiger partial charge in [-0.25, -0.2) is 13.4 Å². The van der Waals surface area contributed by atoms with Crippen LogP contribution in [0.2, 0.25) is 0 Å². The average molecular weight is 615 g/mol. The highest BCUT2D eigenvalue weighted by molar-refractivity contribution is 7.92. The van der Waals surface area contributed by atoms with E-state index >= 15 is 0 Å². The Morgan fingerprint density at radius 3 is 2.34 bits per heavy atom. The van der Waals surface area contributed by atoms with Gasteiger partial charge < -0.3 is 4.74 Å². The second-order valence-corrected chi connectivity index (χ2v) is 13.0. The Labute approximate surface area is 252 Å². The van der Waals surface area contributed by atoms with Crippen molar-refractivity contribution in [3.63, 3.8) is 0 Å². The summed E-state index contributed by atoms with van der Waals surface area (Å²) >= 11 is 1.50. The lowest BCUT2D eigenvalue weighted by atomic mass is 10.1. The Balaban J connectivity index is 0.00000387. The van der Waals surface area contributed by atoms with Gasteiger partial charge in [0.05, 0.1) is 34.0 Å². The third kappa shape index (κ3) is 6.90. The number of benzene rings is 3. The summed E-state index contributed by atoms with van der Waals surface area (Å²) in [6, 6.07) is 19.3. The zero-order valence-corrected chi connectivity index (χ0v) is 25.9. The molecule has 11 heteroatoms. The van der Waals surface area contributed by atoms with Crippen LogP contribution in [-0.4, -0.2) is 70.6 Å². The average Bonchev–Trinajstić information content (AvgIpc) is 3.38. The zero-order valence-electron chi connectivity index (χ0n) is 23.4. The number of carbonyl (C=O) groups excluding carboxylic acids is 1. The lowest BCUT2D eigenvalue weighted by Gasteiger charge is -2.27. The maximum Gasteiger partial charge on any atom is 0.264 e. The number of anilines is 2. The molecular formula is C30H35ClN4O4S2. The number of fused-ring (bicyclic) bond motifs is 1. The van der Waals surface area contributed by atoms with Gasteiger partial charge in [-0.1, -0.05) is 29.5 Å². The van der Waals surface area contributed by atoms with E-state index in [1.807, 2.05) is 6.07 Å². The van der Waals surface area contributed by atoms with Crippen molar-refractivity contribution in [2.24, 2.45) is 0 Å². The van der Waals surface area contributed by atoms with Crippen LogP contribution in [0.4, 0.5) is 10.8 Å². The summed E-state index contributed by atoms with van der Waals surface area (Å²) in [6.45, 7) is 8.74. The van der Waals surface area contributed by atoms with Crippen molar-refractivity contribution in [2.45, 2.75) is 25.2 Å². The van der Waals surface area contributed by atoms with Crippen LogP contribution in [0.1, 0.15) is 27.9 Å². The molecule has 1 amide bonds. The van der Waals surface area contributed by atoms with Gasteiger partial charge in [0.15, 0.2) is 5.13 Å². The van der Waals surface area contributed by atoms with E-state index in [4.69, 9.17) is 9.72 Å². The number of carbonyl (C=O) groups is 1. The molecule has 0 atom stereocenters. The van der Waals surface area contributed by atoms with Gasteiger partial charge >= 0.3 is 0 Å². The number of rotatable bonds is 9. The fourth-order valence-electron chi connectivity index (χ4n) is 4.70. The molecule has 2 heterocycles. The Hall–Kier alpha value is -3.02. The van der Waals surface area contributed by atoms with E-state index in [9.17, 15) is 13.2 Å². The normalized spacial score (nSPS) is 14.0. The minimum Gasteiger partial charge on any atom is -0.379 e. The first-order valence-corrected chi connectivity index (χ1v) is 15.6. The topological polar surface area (TPSA) is 83.0 Å². The molecule has 0 radical (unpaired) electrons. The highest BCUT2D eigenvalue weighted by atomic mass is 35.5. The molecule has 1 aliphatic heterocycles. The van der Waals surface area contributed by atoms with Gasteiger partial charge in [-0.15, -0.1) is 12.4 Å². The molecule has 0 spiro atoms. The quantitative estimate of drug-likeness (QED) is 0.247. The molecule has 1 fully saturated rings. The van der Waals surface area contributed by atoms with E-state index in [1.54, 1.807) is 41.3 Å². The first-order chi connectivity index (χ1) is 19.2. The summed E-state index contributed by atoms with van der Waals surface area (Å²) in [4.78, 5) is 22.9. The Morgan fingerprint density at radius 1 is 1.00 bits per heavy atom. The van der Waals surface area contributed by atoms with Crippen LogP contribution in [0.25, 0.3) is 10.2 Å². The number of hydrogen-bond acceptors (Lipinski definition) is 7. The number of morpholine rings is 1. The number of sulfonamides is 1. The van der Waals surface area contributed by atoms with Gasteiger partial charge in [0, 0.05) is 38.8 Å². The van der Waals surface area contributed by atoms with E-state index in [1.165, 1.54) is 40.4 Å². The second-order valence-electron chi connectivity index (χ2n) is 10.00. The fraction of sp³-hybridized carbons (Fsp3) is 0.333. The standard InChI is InChI=1S/C30H34N4O4S2.ClH/c1-22-20-27-28(21-23(22)2)39-30(31-27)34(15-7-14-33-16-18-38-19-17-33)29(35)24-10-12-26(13-11-24)40(36,37)32(3)25-8-5-4-6-9-25;/h4-6,8-13,20-21H,7,14-19H2,1-3H3;1H.